The van der Waals surface area contributed by atoms with Gasteiger partial charge in [-0.2, -0.15) is 0 Å². The molecule has 0 aliphatic rings. The Morgan fingerprint density at radius 1 is 0.828 bits per heavy atom. The Morgan fingerprint density at radius 3 is 2.21 bits per heavy atom. The van der Waals surface area contributed by atoms with Gasteiger partial charge in [-0.1, -0.05) is 100 Å². The Balaban J connectivity index is 1.92. The molecule has 0 bridgehead atoms. The second-order valence-electron chi connectivity index (χ2n) is 8.76. The lowest BCUT2D eigenvalue weighted by molar-refractivity contribution is 0.309. The maximum Gasteiger partial charge on any atom is 0.127 e. The van der Waals surface area contributed by atoms with Crippen molar-refractivity contribution in [3.8, 4) is 5.75 Å². The molecule has 3 aromatic rings. The minimum Gasteiger partial charge on any atom is -0.488 e. The summed E-state index contributed by atoms with van der Waals surface area (Å²) in [5.41, 5.74) is 2.59. The van der Waals surface area contributed by atoms with Crippen LogP contribution in [0, 0.1) is 0 Å². The van der Waals surface area contributed by atoms with E-state index < -0.39 is 8.07 Å². The molecule has 0 saturated heterocycles. The van der Waals surface area contributed by atoms with E-state index in [1.54, 1.807) is 0 Å². The van der Waals surface area contributed by atoms with Gasteiger partial charge >= 0.3 is 0 Å². The highest BCUT2D eigenvalue weighted by Gasteiger charge is 2.19. The van der Waals surface area contributed by atoms with E-state index in [1.165, 1.54) is 26.9 Å². The molecule has 1 atom stereocenters. The first kappa shape index (κ1) is 21.8. The standard InChI is InChI=1S/C25H32NOPSi/c1-26(2)18-21-13-9-10-14-24(21)28-25-17-22(29(3,4)5)15-16-23(25)27-19-20-11-7-6-8-12-20/h6-17,28H,18-19H2,1-5H3. The second-order valence-corrected chi connectivity index (χ2v) is 15.2. The highest BCUT2D eigenvalue weighted by atomic mass is 31.1. The molecule has 1 unspecified atom stereocenters. The zero-order chi connectivity index (χ0) is 20.9. The van der Waals surface area contributed by atoms with Crippen molar-refractivity contribution in [2.75, 3.05) is 14.1 Å². The monoisotopic (exact) mass is 421 g/mol. The third-order valence-electron chi connectivity index (χ3n) is 4.86. The van der Waals surface area contributed by atoms with Crippen molar-refractivity contribution < 1.29 is 4.74 Å². The van der Waals surface area contributed by atoms with Crippen molar-refractivity contribution in [1.29, 1.82) is 0 Å². The third kappa shape index (κ3) is 6.27. The molecular formula is C25H32NOPSi. The van der Waals surface area contributed by atoms with Crippen molar-refractivity contribution >= 4 is 32.5 Å². The highest BCUT2D eigenvalue weighted by Crippen LogP contribution is 2.22. The molecule has 152 valence electrons. The molecule has 2 nitrogen and oxygen atoms in total. The van der Waals surface area contributed by atoms with Crippen LogP contribution in [-0.4, -0.2) is 27.1 Å². The van der Waals surface area contributed by atoms with Gasteiger partial charge in [0.25, 0.3) is 0 Å². The molecule has 0 amide bonds. The SMILES string of the molecule is CN(C)Cc1ccccc1Pc1cc([Si](C)(C)C)ccc1OCc1ccccc1. The van der Waals surface area contributed by atoms with E-state index in [9.17, 15) is 0 Å². The fraction of sp³-hybridized carbons (Fsp3) is 0.280. The molecule has 0 N–H and O–H groups in total. The molecule has 0 aromatic heterocycles. The van der Waals surface area contributed by atoms with Crippen LogP contribution in [0.3, 0.4) is 0 Å². The maximum absolute atomic E-state index is 6.30. The largest absolute Gasteiger partial charge is 0.488 e. The van der Waals surface area contributed by atoms with Crippen LogP contribution in [0.2, 0.25) is 19.6 Å². The summed E-state index contributed by atoms with van der Waals surface area (Å²) in [6, 6.07) is 26.1. The van der Waals surface area contributed by atoms with Crippen molar-refractivity contribution in [2.45, 2.75) is 32.8 Å². The Morgan fingerprint density at radius 2 is 1.52 bits per heavy atom. The average molecular weight is 422 g/mol. The van der Waals surface area contributed by atoms with Gasteiger partial charge in [-0.3, -0.25) is 0 Å². The number of rotatable bonds is 8. The molecule has 0 radical (unpaired) electrons. The molecule has 0 fully saturated rings. The van der Waals surface area contributed by atoms with Gasteiger partial charge in [0.2, 0.25) is 0 Å². The predicted octanol–water partition coefficient (Wildman–Crippen LogP) is 4.50. The number of ether oxygens (including phenoxy) is 1. The van der Waals surface area contributed by atoms with Crippen LogP contribution >= 0.6 is 8.58 Å². The van der Waals surface area contributed by atoms with Gasteiger partial charge in [-0.15, -0.1) is 0 Å². The molecule has 0 saturated carbocycles. The predicted molar refractivity (Wildman–Crippen MR) is 132 cm³/mol. The number of benzene rings is 3. The summed E-state index contributed by atoms with van der Waals surface area (Å²) in [7, 11) is 3.45. The van der Waals surface area contributed by atoms with Gasteiger partial charge in [0.05, 0.1) is 8.07 Å². The van der Waals surface area contributed by atoms with Crippen molar-refractivity contribution in [2.24, 2.45) is 0 Å². The van der Waals surface area contributed by atoms with E-state index in [1.807, 2.05) is 6.07 Å². The quantitative estimate of drug-likeness (QED) is 0.392. The lowest BCUT2D eigenvalue weighted by Gasteiger charge is -2.21. The molecule has 0 heterocycles. The van der Waals surface area contributed by atoms with Gasteiger partial charge in [0.1, 0.15) is 12.4 Å². The van der Waals surface area contributed by atoms with Crippen LogP contribution in [0.15, 0.2) is 72.8 Å². The molecule has 3 aromatic carbocycles. The highest BCUT2D eigenvalue weighted by molar-refractivity contribution is 7.56. The number of hydrogen-bond acceptors (Lipinski definition) is 2. The average Bonchev–Trinajstić information content (AvgIpc) is 2.68. The van der Waals surface area contributed by atoms with Crippen LogP contribution < -0.4 is 20.5 Å². The van der Waals surface area contributed by atoms with Crippen molar-refractivity contribution in [3.05, 3.63) is 83.9 Å². The van der Waals surface area contributed by atoms with Crippen molar-refractivity contribution in [3.63, 3.8) is 0 Å². The fourth-order valence-electron chi connectivity index (χ4n) is 3.22. The smallest absolute Gasteiger partial charge is 0.127 e. The molecule has 29 heavy (non-hydrogen) atoms. The first-order valence-corrected chi connectivity index (χ1v) is 14.6. The number of nitrogens with zero attached hydrogens (tertiary/aromatic N) is 1. The van der Waals surface area contributed by atoms with E-state index >= 15 is 0 Å². The molecule has 3 rings (SSSR count). The Labute approximate surface area is 178 Å². The zero-order valence-corrected chi connectivity index (χ0v) is 20.2. The van der Waals surface area contributed by atoms with Crippen molar-refractivity contribution in [1.82, 2.24) is 4.90 Å². The summed E-state index contributed by atoms with van der Waals surface area (Å²) in [5, 5.41) is 4.20. The summed E-state index contributed by atoms with van der Waals surface area (Å²) < 4.78 is 6.30. The van der Waals surface area contributed by atoms with Gasteiger partial charge < -0.3 is 9.64 Å². The lowest BCUT2D eigenvalue weighted by Crippen LogP contribution is -2.39. The van der Waals surface area contributed by atoms with E-state index in [2.05, 4.69) is 105 Å². The summed E-state index contributed by atoms with van der Waals surface area (Å²) in [6.45, 7) is 8.76. The normalized spacial score (nSPS) is 12.1. The van der Waals surface area contributed by atoms with E-state index in [0.29, 0.717) is 15.2 Å². The minimum absolute atomic E-state index is 0.587. The van der Waals surface area contributed by atoms with Gasteiger partial charge in [-0.05, 0) is 36.6 Å². The van der Waals surface area contributed by atoms with Crippen LogP contribution in [0.25, 0.3) is 0 Å². The van der Waals surface area contributed by atoms with Gasteiger partial charge in [0.15, 0.2) is 0 Å². The first-order chi connectivity index (χ1) is 13.8. The van der Waals surface area contributed by atoms with Gasteiger partial charge in [0, 0.05) is 11.8 Å². The Bertz CT molecular complexity index is 935. The second kappa shape index (κ2) is 9.71. The summed E-state index contributed by atoms with van der Waals surface area (Å²) in [5.74, 6) is 1.01. The Kier molecular flexibility index (Phi) is 7.29. The van der Waals surface area contributed by atoms with Crippen LogP contribution in [0.5, 0.6) is 5.75 Å². The third-order valence-corrected chi connectivity index (χ3v) is 8.32. The van der Waals surface area contributed by atoms with E-state index in [4.69, 9.17) is 4.74 Å². The Hall–Kier alpha value is -1.93. The summed E-state index contributed by atoms with van der Waals surface area (Å²) in [4.78, 5) is 2.23. The van der Waals surface area contributed by atoms with E-state index in [-0.39, 0.29) is 0 Å². The molecular weight excluding hydrogens is 389 g/mol. The lowest BCUT2D eigenvalue weighted by atomic mass is 10.2. The van der Waals surface area contributed by atoms with Crippen LogP contribution in [0.1, 0.15) is 11.1 Å². The molecule has 0 aliphatic heterocycles. The molecule has 4 heteroatoms. The zero-order valence-electron chi connectivity index (χ0n) is 18.2. The van der Waals surface area contributed by atoms with Gasteiger partial charge in [-0.25, -0.2) is 0 Å². The summed E-state index contributed by atoms with van der Waals surface area (Å²) in [6.07, 6.45) is 0. The molecule has 0 aliphatic carbocycles. The van der Waals surface area contributed by atoms with Crippen LogP contribution in [-0.2, 0) is 13.2 Å². The molecule has 0 spiro atoms. The summed E-state index contributed by atoms with van der Waals surface area (Å²) >= 11 is 0. The maximum atomic E-state index is 6.30. The fourth-order valence-corrected chi connectivity index (χ4v) is 5.83. The van der Waals surface area contributed by atoms with E-state index in [0.717, 1.165) is 12.3 Å². The first-order valence-electron chi connectivity index (χ1n) is 10.1. The van der Waals surface area contributed by atoms with Crippen LogP contribution in [0.4, 0.5) is 0 Å². The minimum atomic E-state index is -1.39. The topological polar surface area (TPSA) is 12.5 Å². The number of hydrogen-bond donors (Lipinski definition) is 0.